The summed E-state index contributed by atoms with van der Waals surface area (Å²) in [5.74, 6) is 0.399. The van der Waals surface area contributed by atoms with Crippen molar-refractivity contribution in [1.82, 2.24) is 24.6 Å². The lowest BCUT2D eigenvalue weighted by atomic mass is 9.93. The Morgan fingerprint density at radius 2 is 1.20 bits per heavy atom. The molecule has 236 valence electrons. The first kappa shape index (κ1) is 30.9. The number of piperidine rings is 2. The standard InChI is InChI=1S/C36H44N6O3/c37-16-11-34(43)40-17-12-29(13-18-40)35(44)41-19-14-31(15-20-41)39-21-23-42(24-22-39)36(45)30-25-32(27-7-3-1-4-8-27)38-33(26-30)28-9-5-2-6-10-28/h1-10,25-26,29,31H,11-24,37H2. The molecule has 1 aromatic heterocycles. The summed E-state index contributed by atoms with van der Waals surface area (Å²) in [5, 5.41) is 0. The van der Waals surface area contributed by atoms with Crippen molar-refractivity contribution in [3.05, 3.63) is 78.4 Å². The molecular formula is C36H44N6O3. The molecule has 3 aliphatic rings. The molecule has 0 saturated carbocycles. The van der Waals surface area contributed by atoms with E-state index in [0.717, 1.165) is 74.4 Å². The van der Waals surface area contributed by atoms with Gasteiger partial charge in [0.2, 0.25) is 11.8 Å². The maximum Gasteiger partial charge on any atom is 0.254 e. The van der Waals surface area contributed by atoms with Crippen molar-refractivity contribution in [3.8, 4) is 22.5 Å². The summed E-state index contributed by atoms with van der Waals surface area (Å²) < 4.78 is 0. The van der Waals surface area contributed by atoms with Crippen LogP contribution in [-0.2, 0) is 9.59 Å². The number of rotatable bonds is 7. The summed E-state index contributed by atoms with van der Waals surface area (Å²) in [7, 11) is 0. The smallest absolute Gasteiger partial charge is 0.254 e. The van der Waals surface area contributed by atoms with Gasteiger partial charge in [-0.1, -0.05) is 60.7 Å². The molecule has 3 aromatic rings. The number of hydrogen-bond donors (Lipinski definition) is 1. The summed E-state index contributed by atoms with van der Waals surface area (Å²) in [6.07, 6.45) is 3.77. The van der Waals surface area contributed by atoms with Crippen LogP contribution in [-0.4, -0.2) is 107 Å². The number of carbonyl (C=O) groups excluding carboxylic acids is 3. The number of amides is 3. The number of carbonyl (C=O) groups is 3. The number of nitrogens with zero attached hydrogens (tertiary/aromatic N) is 5. The number of aromatic nitrogens is 1. The molecule has 3 aliphatic heterocycles. The van der Waals surface area contributed by atoms with Crippen LogP contribution >= 0.6 is 0 Å². The Labute approximate surface area is 266 Å². The van der Waals surface area contributed by atoms with E-state index in [2.05, 4.69) is 4.90 Å². The average Bonchev–Trinajstić information content (AvgIpc) is 3.12. The Balaban J connectivity index is 1.03. The highest BCUT2D eigenvalue weighted by atomic mass is 16.2. The predicted octanol–water partition coefficient (Wildman–Crippen LogP) is 3.75. The van der Waals surface area contributed by atoms with E-state index >= 15 is 0 Å². The molecule has 0 aliphatic carbocycles. The Bertz CT molecular complexity index is 1400. The fourth-order valence-electron chi connectivity index (χ4n) is 7.01. The van der Waals surface area contributed by atoms with Crippen molar-refractivity contribution in [2.45, 2.75) is 38.1 Å². The van der Waals surface area contributed by atoms with Crippen LogP contribution in [0.2, 0.25) is 0 Å². The predicted molar refractivity (Wildman–Crippen MR) is 175 cm³/mol. The lowest BCUT2D eigenvalue weighted by Gasteiger charge is -2.43. The third-order valence-corrected chi connectivity index (χ3v) is 9.66. The number of likely N-dealkylation sites (tertiary alicyclic amines) is 2. The zero-order valence-corrected chi connectivity index (χ0v) is 26.0. The van der Waals surface area contributed by atoms with Gasteiger partial charge in [0.15, 0.2) is 0 Å². The van der Waals surface area contributed by atoms with E-state index in [1.54, 1.807) is 0 Å². The van der Waals surface area contributed by atoms with Crippen LogP contribution in [0.3, 0.4) is 0 Å². The van der Waals surface area contributed by atoms with Gasteiger partial charge < -0.3 is 20.4 Å². The molecule has 0 radical (unpaired) electrons. The summed E-state index contributed by atoms with van der Waals surface area (Å²) in [6, 6.07) is 24.3. The van der Waals surface area contributed by atoms with E-state index in [1.165, 1.54) is 0 Å². The largest absolute Gasteiger partial charge is 0.343 e. The highest BCUT2D eigenvalue weighted by Gasteiger charge is 2.34. The van der Waals surface area contributed by atoms with Crippen LogP contribution in [0.1, 0.15) is 42.5 Å². The van der Waals surface area contributed by atoms with Crippen molar-refractivity contribution < 1.29 is 14.4 Å². The van der Waals surface area contributed by atoms with Crippen molar-refractivity contribution in [1.29, 1.82) is 0 Å². The van der Waals surface area contributed by atoms with Crippen LogP contribution in [0.15, 0.2) is 72.8 Å². The third kappa shape index (κ3) is 7.26. The SMILES string of the molecule is NCCC(=O)N1CCC(C(=O)N2CCC(N3CCN(C(=O)c4cc(-c5ccccc5)nc(-c5ccccc5)c4)CC3)CC2)CC1. The molecule has 0 unspecified atom stereocenters. The van der Waals surface area contributed by atoms with E-state index in [4.69, 9.17) is 10.7 Å². The normalized spacial score (nSPS) is 18.6. The molecule has 0 spiro atoms. The molecule has 3 amide bonds. The molecule has 9 heteroatoms. The molecule has 6 rings (SSSR count). The van der Waals surface area contributed by atoms with Crippen molar-refractivity contribution in [2.24, 2.45) is 11.7 Å². The summed E-state index contributed by atoms with van der Waals surface area (Å²) in [5.41, 5.74) is 9.77. The second kappa shape index (κ2) is 14.3. The zero-order chi connectivity index (χ0) is 31.2. The zero-order valence-electron chi connectivity index (χ0n) is 26.0. The molecule has 4 heterocycles. The van der Waals surface area contributed by atoms with Gasteiger partial charge >= 0.3 is 0 Å². The minimum absolute atomic E-state index is 0.0102. The minimum Gasteiger partial charge on any atom is -0.343 e. The van der Waals surface area contributed by atoms with Gasteiger partial charge in [-0.05, 0) is 37.8 Å². The van der Waals surface area contributed by atoms with Crippen LogP contribution < -0.4 is 5.73 Å². The topological polar surface area (TPSA) is 103 Å². The third-order valence-electron chi connectivity index (χ3n) is 9.66. The van der Waals surface area contributed by atoms with Crippen LogP contribution in [0, 0.1) is 5.92 Å². The molecule has 3 saturated heterocycles. The van der Waals surface area contributed by atoms with E-state index in [0.29, 0.717) is 50.7 Å². The van der Waals surface area contributed by atoms with E-state index < -0.39 is 0 Å². The number of hydrogen-bond acceptors (Lipinski definition) is 6. The van der Waals surface area contributed by atoms with Crippen molar-refractivity contribution >= 4 is 17.7 Å². The molecule has 2 aromatic carbocycles. The van der Waals surface area contributed by atoms with Gasteiger partial charge in [0.25, 0.3) is 5.91 Å². The van der Waals surface area contributed by atoms with Crippen molar-refractivity contribution in [3.63, 3.8) is 0 Å². The molecule has 2 N–H and O–H groups in total. The van der Waals surface area contributed by atoms with Gasteiger partial charge in [0.1, 0.15) is 0 Å². The van der Waals surface area contributed by atoms with E-state index in [1.807, 2.05) is 87.5 Å². The summed E-state index contributed by atoms with van der Waals surface area (Å²) in [4.78, 5) is 52.5. The molecule has 0 atom stereocenters. The van der Waals surface area contributed by atoms with E-state index in [-0.39, 0.29) is 23.6 Å². The maximum absolute atomic E-state index is 13.8. The quantitative estimate of drug-likeness (QED) is 0.439. The average molecular weight is 609 g/mol. The van der Waals surface area contributed by atoms with E-state index in [9.17, 15) is 14.4 Å². The summed E-state index contributed by atoms with van der Waals surface area (Å²) in [6.45, 7) is 6.25. The summed E-state index contributed by atoms with van der Waals surface area (Å²) >= 11 is 0. The monoisotopic (exact) mass is 608 g/mol. The molecule has 3 fully saturated rings. The molecule has 45 heavy (non-hydrogen) atoms. The molecule has 9 nitrogen and oxygen atoms in total. The maximum atomic E-state index is 13.8. The lowest BCUT2D eigenvalue weighted by Crippen LogP contribution is -2.55. The van der Waals surface area contributed by atoms with Gasteiger partial charge in [-0.25, -0.2) is 4.98 Å². The number of benzene rings is 2. The lowest BCUT2D eigenvalue weighted by molar-refractivity contribution is -0.142. The Morgan fingerprint density at radius 1 is 0.667 bits per heavy atom. The minimum atomic E-state index is 0.0102. The van der Waals surface area contributed by atoms with Crippen LogP contribution in [0.4, 0.5) is 0 Å². The Morgan fingerprint density at radius 3 is 1.73 bits per heavy atom. The fraction of sp³-hybridized carbons (Fsp3) is 0.444. The Hall–Kier alpha value is -4.08. The highest BCUT2D eigenvalue weighted by Crippen LogP contribution is 2.27. The second-order valence-corrected chi connectivity index (χ2v) is 12.4. The van der Waals surface area contributed by atoms with Gasteiger partial charge in [-0.15, -0.1) is 0 Å². The van der Waals surface area contributed by atoms with Crippen LogP contribution in [0.25, 0.3) is 22.5 Å². The molecular weight excluding hydrogens is 564 g/mol. The first-order valence-corrected chi connectivity index (χ1v) is 16.4. The first-order valence-electron chi connectivity index (χ1n) is 16.4. The second-order valence-electron chi connectivity index (χ2n) is 12.4. The highest BCUT2D eigenvalue weighted by molar-refractivity contribution is 5.96. The van der Waals surface area contributed by atoms with Gasteiger partial charge in [-0.2, -0.15) is 0 Å². The van der Waals surface area contributed by atoms with Gasteiger partial charge in [0, 0.05) is 94.0 Å². The van der Waals surface area contributed by atoms with Crippen molar-refractivity contribution in [2.75, 3.05) is 58.9 Å². The van der Waals surface area contributed by atoms with Gasteiger partial charge in [-0.3, -0.25) is 19.3 Å². The van der Waals surface area contributed by atoms with Crippen LogP contribution in [0.5, 0.6) is 0 Å². The van der Waals surface area contributed by atoms with Gasteiger partial charge in [0.05, 0.1) is 11.4 Å². The Kier molecular flexibility index (Phi) is 9.86. The molecule has 0 bridgehead atoms. The fourth-order valence-corrected chi connectivity index (χ4v) is 7.01. The number of pyridine rings is 1. The number of nitrogens with two attached hydrogens (primary N) is 1. The first-order chi connectivity index (χ1) is 22.0. The number of piperazine rings is 1.